The molecule has 212 valence electrons. The monoisotopic (exact) mass is 542 g/mol. The van der Waals surface area contributed by atoms with E-state index in [0.717, 1.165) is 0 Å². The second-order valence-corrected chi connectivity index (χ2v) is 12.9. The van der Waals surface area contributed by atoms with Crippen molar-refractivity contribution in [2.45, 2.75) is 83.9 Å². The van der Waals surface area contributed by atoms with Crippen LogP contribution in [0, 0.1) is 34.5 Å². The zero-order valence-corrected chi connectivity index (χ0v) is 23.3. The number of aliphatic hydroxyl groups excluding tert-OH is 1. The smallest absolute Gasteiger partial charge is 0.338 e. The van der Waals surface area contributed by atoms with Crippen LogP contribution in [0.25, 0.3) is 0 Å². The second kappa shape index (κ2) is 8.94. The highest BCUT2D eigenvalue weighted by molar-refractivity contribution is 6.40. The van der Waals surface area contributed by atoms with Crippen LogP contribution in [0.5, 0.6) is 0 Å². The molecule has 39 heavy (non-hydrogen) atoms. The third-order valence-corrected chi connectivity index (χ3v) is 10.7. The molecule has 1 aromatic carbocycles. The molecule has 0 radical (unpaired) electrons. The average Bonchev–Trinajstić information content (AvgIpc) is 2.87. The minimum absolute atomic E-state index is 0.0794. The number of ketones is 2. The molecule has 1 aliphatic heterocycles. The van der Waals surface area contributed by atoms with Gasteiger partial charge in [0.25, 0.3) is 0 Å². The topological polar surface area (TPSA) is 136 Å². The molecule has 5 rings (SSSR count). The van der Waals surface area contributed by atoms with Crippen molar-refractivity contribution in [3.05, 3.63) is 35.9 Å². The SMILES string of the molecule is CC(=O)O[C@@]12CO[C@@H]1CC(C)[C@@]1(C)C(=O)C(=O)C3C(C)[C@@H](O)C[C@@](O)([C@@H](OC(=O)c4ccccc4)C12)C3(C)C. The Balaban J connectivity index is 1.80. The summed E-state index contributed by atoms with van der Waals surface area (Å²) in [6.45, 7) is 9.72. The summed E-state index contributed by atoms with van der Waals surface area (Å²) in [6.07, 6.45) is -3.05. The van der Waals surface area contributed by atoms with Crippen LogP contribution in [-0.4, -0.2) is 69.8 Å². The number of carbonyl (C=O) groups is 4. The Morgan fingerprint density at radius 1 is 1.08 bits per heavy atom. The molecular formula is C30H38O9. The van der Waals surface area contributed by atoms with Gasteiger partial charge < -0.3 is 24.4 Å². The summed E-state index contributed by atoms with van der Waals surface area (Å²) in [7, 11) is 0. The van der Waals surface area contributed by atoms with E-state index in [-0.39, 0.29) is 18.6 Å². The molecule has 0 spiro atoms. The minimum Gasteiger partial charge on any atom is -0.455 e. The van der Waals surface area contributed by atoms with Crippen LogP contribution in [0.4, 0.5) is 0 Å². The van der Waals surface area contributed by atoms with Gasteiger partial charge in [-0.1, -0.05) is 52.8 Å². The quantitative estimate of drug-likeness (QED) is 0.436. The van der Waals surface area contributed by atoms with E-state index in [1.54, 1.807) is 58.0 Å². The number of benzene rings is 1. The van der Waals surface area contributed by atoms with Crippen molar-refractivity contribution in [1.82, 2.24) is 0 Å². The van der Waals surface area contributed by atoms with Crippen molar-refractivity contribution < 1.29 is 43.6 Å². The van der Waals surface area contributed by atoms with Crippen LogP contribution in [0.3, 0.4) is 0 Å². The first-order chi connectivity index (χ1) is 18.1. The summed E-state index contributed by atoms with van der Waals surface area (Å²) in [5.41, 5.74) is -5.89. The first kappa shape index (κ1) is 27.9. The van der Waals surface area contributed by atoms with Gasteiger partial charge in [-0.2, -0.15) is 0 Å². The maximum absolute atomic E-state index is 14.4. The molecule has 0 aromatic heterocycles. The molecule has 9 nitrogen and oxygen atoms in total. The van der Waals surface area contributed by atoms with Gasteiger partial charge in [-0.15, -0.1) is 0 Å². The molecule has 2 bridgehead atoms. The van der Waals surface area contributed by atoms with Crippen LogP contribution in [-0.2, 0) is 28.6 Å². The summed E-state index contributed by atoms with van der Waals surface area (Å²) in [4.78, 5) is 54.6. The van der Waals surface area contributed by atoms with Crippen LogP contribution in [0.15, 0.2) is 30.3 Å². The Morgan fingerprint density at radius 2 is 1.72 bits per heavy atom. The van der Waals surface area contributed by atoms with Gasteiger partial charge in [0.1, 0.15) is 17.8 Å². The largest absolute Gasteiger partial charge is 0.455 e. The Morgan fingerprint density at radius 3 is 2.28 bits per heavy atom. The van der Waals surface area contributed by atoms with Gasteiger partial charge in [-0.25, -0.2) is 4.79 Å². The lowest BCUT2D eigenvalue weighted by Gasteiger charge is -2.68. The summed E-state index contributed by atoms with van der Waals surface area (Å²) in [5.74, 6) is -5.89. The zero-order chi connectivity index (χ0) is 28.7. The van der Waals surface area contributed by atoms with Gasteiger partial charge in [0.15, 0.2) is 5.60 Å². The number of carbonyl (C=O) groups excluding carboxylic acids is 4. The van der Waals surface area contributed by atoms with Gasteiger partial charge in [0.05, 0.1) is 24.2 Å². The first-order valence-corrected chi connectivity index (χ1v) is 13.7. The van der Waals surface area contributed by atoms with E-state index in [9.17, 15) is 29.4 Å². The third kappa shape index (κ3) is 3.62. The van der Waals surface area contributed by atoms with Gasteiger partial charge >= 0.3 is 11.9 Å². The van der Waals surface area contributed by atoms with E-state index < -0.39 is 87.5 Å². The lowest BCUT2D eigenvalue weighted by atomic mass is 9.41. The van der Waals surface area contributed by atoms with E-state index in [0.29, 0.717) is 6.42 Å². The Hall–Kier alpha value is -2.62. The Bertz CT molecular complexity index is 1210. The van der Waals surface area contributed by atoms with E-state index in [1.165, 1.54) is 6.92 Å². The Kier molecular flexibility index (Phi) is 6.40. The van der Waals surface area contributed by atoms with E-state index in [1.807, 2.05) is 6.92 Å². The number of ether oxygens (including phenoxy) is 3. The highest BCUT2D eigenvalue weighted by Gasteiger charge is 2.78. The van der Waals surface area contributed by atoms with Crippen molar-refractivity contribution >= 4 is 23.5 Å². The van der Waals surface area contributed by atoms with E-state index in [2.05, 4.69) is 0 Å². The fraction of sp³-hybridized carbons (Fsp3) is 0.667. The van der Waals surface area contributed by atoms with Gasteiger partial charge in [0.2, 0.25) is 11.6 Å². The summed E-state index contributed by atoms with van der Waals surface area (Å²) in [6, 6.07) is 8.27. The van der Waals surface area contributed by atoms with E-state index >= 15 is 0 Å². The van der Waals surface area contributed by atoms with Crippen molar-refractivity contribution in [2.24, 2.45) is 34.5 Å². The molecular weight excluding hydrogens is 504 g/mol. The molecule has 1 aromatic rings. The van der Waals surface area contributed by atoms with E-state index in [4.69, 9.17) is 14.2 Å². The number of rotatable bonds is 3. The maximum Gasteiger partial charge on any atom is 0.338 e. The zero-order valence-electron chi connectivity index (χ0n) is 23.3. The van der Waals surface area contributed by atoms with Gasteiger partial charge in [-0.3, -0.25) is 14.4 Å². The van der Waals surface area contributed by atoms with Crippen molar-refractivity contribution in [2.75, 3.05) is 6.61 Å². The number of hydrogen-bond donors (Lipinski definition) is 2. The lowest BCUT2D eigenvalue weighted by molar-refractivity contribution is -0.344. The van der Waals surface area contributed by atoms with Gasteiger partial charge in [-0.05, 0) is 30.4 Å². The molecule has 4 fully saturated rings. The molecule has 3 saturated carbocycles. The number of Topliss-reactive ketones (excluding diaryl/α,β-unsaturated/α-hetero) is 2. The molecule has 0 amide bonds. The Labute approximate surface area is 228 Å². The fourth-order valence-electron chi connectivity index (χ4n) is 8.24. The van der Waals surface area contributed by atoms with Crippen LogP contribution >= 0.6 is 0 Å². The fourth-order valence-corrected chi connectivity index (χ4v) is 8.24. The standard InChI is InChI=1S/C30H38O9/c1-15-12-20-29(14-37-20,39-17(3)31)23-25(38-26(35)18-10-8-7-9-11-18)30(36)13-19(32)16(2)21(27(30,4)5)22(33)24(34)28(15,23)6/h7-11,15-16,19-21,23,25,32,36H,12-14H2,1-6H3/t15?,16?,19-,20+,21?,23?,25-,28+,29-,30+/m0/s1. The molecule has 2 N–H and O–H groups in total. The highest BCUT2D eigenvalue weighted by atomic mass is 16.6. The average molecular weight is 543 g/mol. The first-order valence-electron chi connectivity index (χ1n) is 13.7. The molecule has 1 saturated heterocycles. The number of esters is 2. The van der Waals surface area contributed by atoms with Gasteiger partial charge in [0, 0.05) is 30.1 Å². The second-order valence-electron chi connectivity index (χ2n) is 12.9. The minimum atomic E-state index is -1.96. The van der Waals surface area contributed by atoms with Crippen molar-refractivity contribution in [3.8, 4) is 0 Å². The summed E-state index contributed by atoms with van der Waals surface area (Å²) < 4.78 is 18.1. The summed E-state index contributed by atoms with van der Waals surface area (Å²) >= 11 is 0. The molecule has 1 heterocycles. The molecule has 3 aliphatic carbocycles. The molecule has 9 heteroatoms. The van der Waals surface area contributed by atoms with Crippen LogP contribution in [0.1, 0.15) is 64.7 Å². The van der Waals surface area contributed by atoms with Crippen molar-refractivity contribution in [1.29, 1.82) is 0 Å². The molecule has 10 atom stereocenters. The number of hydrogen-bond acceptors (Lipinski definition) is 9. The predicted molar refractivity (Wildman–Crippen MR) is 137 cm³/mol. The summed E-state index contributed by atoms with van der Waals surface area (Å²) in [5, 5.41) is 23.9. The van der Waals surface area contributed by atoms with Crippen molar-refractivity contribution in [3.63, 3.8) is 0 Å². The molecule has 4 unspecified atom stereocenters. The number of fused-ring (bicyclic) bond motifs is 5. The number of aliphatic hydroxyl groups is 2. The maximum atomic E-state index is 14.4. The highest BCUT2D eigenvalue weighted by Crippen LogP contribution is 2.65. The van der Waals surface area contributed by atoms with Crippen LogP contribution < -0.4 is 0 Å². The lowest BCUT2D eigenvalue weighted by Crippen LogP contribution is -2.81. The predicted octanol–water partition coefficient (Wildman–Crippen LogP) is 2.50. The normalized spacial score (nSPS) is 44.6. The third-order valence-electron chi connectivity index (χ3n) is 10.7. The van der Waals surface area contributed by atoms with Crippen LogP contribution in [0.2, 0.25) is 0 Å². The molecule has 4 aliphatic rings.